The Labute approximate surface area is 154 Å². The van der Waals surface area contributed by atoms with E-state index in [0.29, 0.717) is 22.0 Å². The van der Waals surface area contributed by atoms with Crippen LogP contribution in [0.5, 0.6) is 0 Å². The minimum absolute atomic E-state index is 0.209. The molecule has 0 saturated carbocycles. The number of hydrogen-bond donors (Lipinski definition) is 2. The number of carbonyl (C=O) groups is 1. The number of aliphatic hydroxyl groups is 1. The highest BCUT2D eigenvalue weighted by molar-refractivity contribution is 7.13. The molecule has 5 nitrogen and oxygen atoms in total. The van der Waals surface area contributed by atoms with Crippen molar-refractivity contribution in [1.29, 1.82) is 0 Å². The van der Waals surface area contributed by atoms with E-state index in [1.54, 1.807) is 6.20 Å². The predicted octanol–water partition coefficient (Wildman–Crippen LogP) is 3.29. The molecule has 2 heterocycles. The molecule has 130 valence electrons. The number of aromatic nitrogens is 2. The molecule has 2 atom stereocenters. The number of benzene rings is 1. The van der Waals surface area contributed by atoms with Gasteiger partial charge in [0.25, 0.3) is 5.91 Å². The molecule has 0 saturated heterocycles. The lowest BCUT2D eigenvalue weighted by molar-refractivity contribution is 0.0835. The number of rotatable bonds is 6. The van der Waals surface area contributed by atoms with Gasteiger partial charge in [-0.15, -0.1) is 22.7 Å². The molecule has 2 N–H and O–H groups in total. The molecule has 2 aromatic heterocycles. The molecule has 0 fully saturated rings. The van der Waals surface area contributed by atoms with Gasteiger partial charge >= 0.3 is 0 Å². The largest absolute Gasteiger partial charge is 0.384 e. The lowest BCUT2D eigenvalue weighted by Gasteiger charge is -2.23. The minimum Gasteiger partial charge on any atom is -0.384 e. The molecule has 0 spiro atoms. The molecule has 1 aromatic carbocycles. The van der Waals surface area contributed by atoms with Gasteiger partial charge < -0.3 is 10.4 Å². The zero-order valence-electron chi connectivity index (χ0n) is 14.0. The molecule has 0 aliphatic rings. The van der Waals surface area contributed by atoms with Crippen molar-refractivity contribution in [2.75, 3.05) is 0 Å². The molecular formula is C18H19N3O2S2. The summed E-state index contributed by atoms with van der Waals surface area (Å²) in [5, 5.41) is 17.0. The van der Waals surface area contributed by atoms with Crippen LogP contribution in [-0.4, -0.2) is 27.0 Å². The lowest BCUT2D eigenvalue weighted by atomic mass is 10.0. The maximum atomic E-state index is 12.7. The van der Waals surface area contributed by atoms with Crippen LogP contribution < -0.4 is 5.32 Å². The van der Waals surface area contributed by atoms with E-state index in [1.807, 2.05) is 49.6 Å². The van der Waals surface area contributed by atoms with E-state index in [9.17, 15) is 9.90 Å². The van der Waals surface area contributed by atoms with E-state index in [-0.39, 0.29) is 5.91 Å². The summed E-state index contributed by atoms with van der Waals surface area (Å²) in [5.41, 5.74) is 1.75. The normalized spacial score (nSPS) is 13.4. The Bertz CT molecular complexity index is 831. The fourth-order valence-corrected chi connectivity index (χ4v) is 4.15. The van der Waals surface area contributed by atoms with Crippen LogP contribution >= 0.6 is 22.7 Å². The monoisotopic (exact) mass is 373 g/mol. The van der Waals surface area contributed by atoms with Gasteiger partial charge in [0.1, 0.15) is 16.0 Å². The first-order chi connectivity index (χ1) is 12.0. The van der Waals surface area contributed by atoms with Crippen molar-refractivity contribution in [2.45, 2.75) is 32.4 Å². The van der Waals surface area contributed by atoms with Crippen LogP contribution in [0.2, 0.25) is 0 Å². The Hall–Kier alpha value is -2.09. The highest BCUT2D eigenvalue weighted by Crippen LogP contribution is 2.23. The van der Waals surface area contributed by atoms with Gasteiger partial charge in [-0.2, -0.15) is 0 Å². The summed E-state index contributed by atoms with van der Waals surface area (Å²) in [6, 6.07) is 9.33. The Morgan fingerprint density at radius 2 is 2.04 bits per heavy atom. The molecule has 25 heavy (non-hydrogen) atoms. The fraction of sp³-hybridized carbons (Fsp3) is 0.278. The zero-order valence-corrected chi connectivity index (χ0v) is 15.6. The molecule has 2 unspecified atom stereocenters. The van der Waals surface area contributed by atoms with Crippen LogP contribution in [0.15, 0.2) is 41.9 Å². The van der Waals surface area contributed by atoms with Crippen LogP contribution in [0.25, 0.3) is 0 Å². The number of carbonyl (C=O) groups excluding carboxylic acids is 1. The van der Waals surface area contributed by atoms with E-state index < -0.39 is 12.1 Å². The van der Waals surface area contributed by atoms with Crippen molar-refractivity contribution in [1.82, 2.24) is 15.3 Å². The third-order valence-electron chi connectivity index (χ3n) is 3.81. The number of aliphatic hydroxyl groups excluding tert-OH is 1. The van der Waals surface area contributed by atoms with Crippen molar-refractivity contribution < 1.29 is 9.90 Å². The van der Waals surface area contributed by atoms with Gasteiger partial charge in [-0.1, -0.05) is 30.3 Å². The Morgan fingerprint density at radius 1 is 1.28 bits per heavy atom. The van der Waals surface area contributed by atoms with Gasteiger partial charge in [-0.25, -0.2) is 9.97 Å². The van der Waals surface area contributed by atoms with E-state index in [1.165, 1.54) is 22.7 Å². The van der Waals surface area contributed by atoms with E-state index in [4.69, 9.17) is 0 Å². The molecule has 7 heteroatoms. The van der Waals surface area contributed by atoms with E-state index >= 15 is 0 Å². The van der Waals surface area contributed by atoms with Crippen LogP contribution in [0.1, 0.15) is 37.0 Å². The van der Waals surface area contributed by atoms with Gasteiger partial charge in [-0.05, 0) is 25.8 Å². The molecular weight excluding hydrogens is 354 g/mol. The third kappa shape index (κ3) is 4.31. The van der Waals surface area contributed by atoms with Crippen LogP contribution in [0, 0.1) is 13.8 Å². The number of nitrogens with one attached hydrogen (secondary N) is 1. The lowest BCUT2D eigenvalue weighted by Crippen LogP contribution is -2.41. The van der Waals surface area contributed by atoms with Crippen molar-refractivity contribution in [3.8, 4) is 0 Å². The van der Waals surface area contributed by atoms with Crippen molar-refractivity contribution in [3.05, 3.63) is 68.1 Å². The molecule has 1 amide bonds. The summed E-state index contributed by atoms with van der Waals surface area (Å²) in [6.07, 6.45) is 1.31. The second-order valence-corrected chi connectivity index (χ2v) is 7.86. The number of thiazole rings is 2. The second-order valence-electron chi connectivity index (χ2n) is 5.73. The topological polar surface area (TPSA) is 75.1 Å². The summed E-state index contributed by atoms with van der Waals surface area (Å²) in [7, 11) is 0. The minimum atomic E-state index is -0.863. The third-order valence-corrected chi connectivity index (χ3v) is 5.73. The van der Waals surface area contributed by atoms with E-state index in [2.05, 4.69) is 15.3 Å². The Morgan fingerprint density at radius 3 is 2.64 bits per heavy atom. The quantitative estimate of drug-likeness (QED) is 0.695. The van der Waals surface area contributed by atoms with Gasteiger partial charge in [-0.3, -0.25) is 4.79 Å². The standard InChI is InChI=1S/C18H19N3O2S2/c1-11-16(25-12(2)20-11)17(23)21-14(10-13-6-4-3-5-7-13)15(22)18-19-8-9-24-18/h3-9,14-15,22H,10H2,1-2H3,(H,21,23). The smallest absolute Gasteiger partial charge is 0.263 e. The molecule has 3 rings (SSSR count). The first-order valence-electron chi connectivity index (χ1n) is 7.91. The maximum absolute atomic E-state index is 12.7. The maximum Gasteiger partial charge on any atom is 0.263 e. The first kappa shape index (κ1) is 17.7. The number of nitrogens with zero attached hydrogens (tertiary/aromatic N) is 2. The molecule has 0 aliphatic carbocycles. The van der Waals surface area contributed by atoms with Crippen LogP contribution in [-0.2, 0) is 6.42 Å². The predicted molar refractivity (Wildman–Crippen MR) is 100 cm³/mol. The highest BCUT2D eigenvalue weighted by Gasteiger charge is 2.27. The van der Waals surface area contributed by atoms with Crippen LogP contribution in [0.3, 0.4) is 0 Å². The van der Waals surface area contributed by atoms with Crippen molar-refractivity contribution in [3.63, 3.8) is 0 Å². The highest BCUT2D eigenvalue weighted by atomic mass is 32.1. The summed E-state index contributed by atoms with van der Waals surface area (Å²) in [6.45, 7) is 3.70. The number of amides is 1. The summed E-state index contributed by atoms with van der Waals surface area (Å²) in [5.74, 6) is -0.209. The average Bonchev–Trinajstić information content (AvgIpc) is 3.24. The summed E-state index contributed by atoms with van der Waals surface area (Å²) in [4.78, 5) is 21.8. The van der Waals surface area contributed by atoms with Gasteiger partial charge in [0.05, 0.1) is 16.7 Å². The van der Waals surface area contributed by atoms with Crippen molar-refractivity contribution >= 4 is 28.6 Å². The molecule has 0 radical (unpaired) electrons. The van der Waals surface area contributed by atoms with Crippen molar-refractivity contribution in [2.24, 2.45) is 0 Å². The fourth-order valence-electron chi connectivity index (χ4n) is 2.64. The second kappa shape index (κ2) is 7.86. The Kier molecular flexibility index (Phi) is 5.57. The number of aryl methyl sites for hydroxylation is 2. The number of hydrogen-bond acceptors (Lipinski definition) is 6. The van der Waals surface area contributed by atoms with Crippen LogP contribution in [0.4, 0.5) is 0 Å². The molecule has 3 aromatic rings. The SMILES string of the molecule is Cc1nc(C)c(C(=O)NC(Cc2ccccc2)C(O)c2nccs2)s1. The van der Waals surface area contributed by atoms with Gasteiger partial charge in [0.2, 0.25) is 0 Å². The van der Waals surface area contributed by atoms with Gasteiger partial charge in [0.15, 0.2) is 0 Å². The van der Waals surface area contributed by atoms with E-state index in [0.717, 1.165) is 10.6 Å². The average molecular weight is 374 g/mol. The molecule has 0 bridgehead atoms. The summed E-state index contributed by atoms with van der Waals surface area (Å²) < 4.78 is 0. The van der Waals surface area contributed by atoms with Gasteiger partial charge in [0, 0.05) is 11.6 Å². The summed E-state index contributed by atoms with van der Waals surface area (Å²) >= 11 is 2.74. The molecule has 0 aliphatic heterocycles. The Balaban J connectivity index is 1.83. The zero-order chi connectivity index (χ0) is 17.8. The first-order valence-corrected chi connectivity index (χ1v) is 9.60.